The molecule has 0 aliphatic carbocycles. The Labute approximate surface area is 177 Å². The number of hydrogen-bond donors (Lipinski definition) is 0. The van der Waals surface area contributed by atoms with E-state index in [-0.39, 0.29) is 23.3 Å². The molecule has 6 nitrogen and oxygen atoms in total. The predicted octanol–water partition coefficient (Wildman–Crippen LogP) is 2.29. The number of aromatic nitrogens is 1. The van der Waals surface area contributed by atoms with Crippen LogP contribution in [0.3, 0.4) is 0 Å². The summed E-state index contributed by atoms with van der Waals surface area (Å²) in [6, 6.07) is 11.6. The number of fused-ring (bicyclic) bond motifs is 1. The van der Waals surface area contributed by atoms with Crippen LogP contribution < -0.4 is 5.56 Å². The van der Waals surface area contributed by atoms with E-state index in [1.54, 1.807) is 10.6 Å². The van der Waals surface area contributed by atoms with Crippen molar-refractivity contribution in [1.82, 2.24) is 14.4 Å². The Bertz CT molecular complexity index is 997. The van der Waals surface area contributed by atoms with Gasteiger partial charge in [-0.25, -0.2) is 0 Å². The van der Waals surface area contributed by atoms with Gasteiger partial charge in [0.1, 0.15) is 0 Å². The van der Waals surface area contributed by atoms with E-state index in [0.29, 0.717) is 51.5 Å². The zero-order valence-electron chi connectivity index (χ0n) is 17.7. The average molecular weight is 408 g/mol. The van der Waals surface area contributed by atoms with Crippen LogP contribution in [0.25, 0.3) is 0 Å². The van der Waals surface area contributed by atoms with Gasteiger partial charge in [-0.2, -0.15) is 0 Å². The van der Waals surface area contributed by atoms with Crippen LogP contribution in [-0.4, -0.2) is 45.8 Å². The van der Waals surface area contributed by atoms with E-state index in [9.17, 15) is 14.4 Å². The van der Waals surface area contributed by atoms with E-state index < -0.39 is 0 Å². The smallest absolute Gasteiger partial charge is 0.251 e. The van der Waals surface area contributed by atoms with Crippen molar-refractivity contribution in [2.75, 3.05) is 19.6 Å². The van der Waals surface area contributed by atoms with E-state index in [4.69, 9.17) is 0 Å². The maximum atomic E-state index is 13.1. The normalized spacial score (nSPS) is 18.8. The molecule has 0 saturated carbocycles. The number of benzene rings is 1. The molecule has 6 heteroatoms. The topological polar surface area (TPSA) is 62.6 Å². The third-order valence-corrected chi connectivity index (χ3v) is 5.97. The molecular weight excluding hydrogens is 378 g/mol. The molecule has 0 spiro atoms. The monoisotopic (exact) mass is 407 g/mol. The van der Waals surface area contributed by atoms with E-state index in [2.05, 4.69) is 13.8 Å². The van der Waals surface area contributed by atoms with Gasteiger partial charge in [0, 0.05) is 44.9 Å². The minimum Gasteiger partial charge on any atom is -0.342 e. The molecule has 1 aromatic carbocycles. The number of amides is 2. The standard InChI is InChI=1S/C24H29N3O3/c1-17(2)12-26-14-20(11-23(26)29)24(30)25-9-8-19-10-22(28)27(16-21(19)15-25)13-18-6-4-3-5-7-18/h3-7,10,16-17,20H,8-9,11-15H2,1-2H3. The van der Waals surface area contributed by atoms with Gasteiger partial charge in [0.15, 0.2) is 0 Å². The highest BCUT2D eigenvalue weighted by Crippen LogP contribution is 2.25. The van der Waals surface area contributed by atoms with E-state index in [1.165, 1.54) is 0 Å². The van der Waals surface area contributed by atoms with E-state index in [0.717, 1.165) is 16.7 Å². The van der Waals surface area contributed by atoms with Crippen LogP contribution in [0, 0.1) is 11.8 Å². The minimum atomic E-state index is -0.256. The molecule has 2 aliphatic heterocycles. The Morgan fingerprint density at radius 2 is 1.90 bits per heavy atom. The number of rotatable bonds is 5. The summed E-state index contributed by atoms with van der Waals surface area (Å²) in [6.07, 6.45) is 2.89. The summed E-state index contributed by atoms with van der Waals surface area (Å²) in [6.45, 7) is 7.00. The van der Waals surface area contributed by atoms with Crippen LogP contribution in [0.1, 0.15) is 37.0 Å². The summed E-state index contributed by atoms with van der Waals surface area (Å²) < 4.78 is 1.71. The maximum Gasteiger partial charge on any atom is 0.251 e. The van der Waals surface area contributed by atoms with Crippen molar-refractivity contribution >= 4 is 11.8 Å². The highest BCUT2D eigenvalue weighted by molar-refractivity contribution is 5.89. The molecule has 0 radical (unpaired) electrons. The van der Waals surface area contributed by atoms with Crippen molar-refractivity contribution in [2.45, 2.75) is 39.8 Å². The fourth-order valence-electron chi connectivity index (χ4n) is 4.48. The second kappa shape index (κ2) is 8.46. The lowest BCUT2D eigenvalue weighted by Gasteiger charge is -2.31. The van der Waals surface area contributed by atoms with Crippen LogP contribution in [0.5, 0.6) is 0 Å². The first-order chi connectivity index (χ1) is 14.4. The molecule has 158 valence electrons. The summed E-state index contributed by atoms with van der Waals surface area (Å²) in [5.74, 6) is 0.274. The Morgan fingerprint density at radius 1 is 1.13 bits per heavy atom. The summed E-state index contributed by atoms with van der Waals surface area (Å²) in [5.41, 5.74) is 3.10. The Hall–Kier alpha value is -2.89. The van der Waals surface area contributed by atoms with Gasteiger partial charge in [0.05, 0.1) is 12.5 Å². The van der Waals surface area contributed by atoms with Gasteiger partial charge < -0.3 is 14.4 Å². The van der Waals surface area contributed by atoms with Gasteiger partial charge in [0.2, 0.25) is 11.8 Å². The number of likely N-dealkylation sites (tertiary alicyclic amines) is 1. The number of carbonyl (C=O) groups is 2. The molecule has 1 unspecified atom stereocenters. The Morgan fingerprint density at radius 3 is 2.63 bits per heavy atom. The van der Waals surface area contributed by atoms with Gasteiger partial charge in [-0.1, -0.05) is 44.2 Å². The maximum absolute atomic E-state index is 13.1. The number of pyridine rings is 1. The van der Waals surface area contributed by atoms with Crippen molar-refractivity contribution < 1.29 is 9.59 Å². The zero-order chi connectivity index (χ0) is 21.3. The minimum absolute atomic E-state index is 0.0110. The first kappa shape index (κ1) is 20.4. The Balaban J connectivity index is 1.47. The van der Waals surface area contributed by atoms with E-state index >= 15 is 0 Å². The molecule has 30 heavy (non-hydrogen) atoms. The lowest BCUT2D eigenvalue weighted by atomic mass is 9.99. The number of hydrogen-bond acceptors (Lipinski definition) is 3. The fraction of sp³-hybridized carbons (Fsp3) is 0.458. The highest BCUT2D eigenvalue weighted by atomic mass is 16.2. The predicted molar refractivity (Wildman–Crippen MR) is 115 cm³/mol. The van der Waals surface area contributed by atoms with Crippen LogP contribution in [0.15, 0.2) is 47.4 Å². The second-order valence-corrected chi connectivity index (χ2v) is 8.88. The molecule has 4 rings (SSSR count). The first-order valence-electron chi connectivity index (χ1n) is 10.7. The van der Waals surface area contributed by atoms with Crippen molar-refractivity contribution in [1.29, 1.82) is 0 Å². The third-order valence-electron chi connectivity index (χ3n) is 5.97. The van der Waals surface area contributed by atoms with E-state index in [1.807, 2.05) is 46.3 Å². The first-order valence-corrected chi connectivity index (χ1v) is 10.7. The lowest BCUT2D eigenvalue weighted by molar-refractivity contribution is -0.136. The molecular formula is C24H29N3O3. The van der Waals surface area contributed by atoms with Gasteiger partial charge in [-0.3, -0.25) is 14.4 Å². The SMILES string of the molecule is CC(C)CN1CC(C(=O)N2CCc3cc(=O)n(Cc4ccccc4)cc3C2)CC1=O. The second-order valence-electron chi connectivity index (χ2n) is 8.88. The van der Waals surface area contributed by atoms with Crippen LogP contribution >= 0.6 is 0 Å². The summed E-state index contributed by atoms with van der Waals surface area (Å²) >= 11 is 0. The van der Waals surface area contributed by atoms with Crippen molar-refractivity contribution in [3.8, 4) is 0 Å². The lowest BCUT2D eigenvalue weighted by Crippen LogP contribution is -2.41. The van der Waals surface area contributed by atoms with Crippen LogP contribution in [0.4, 0.5) is 0 Å². The summed E-state index contributed by atoms with van der Waals surface area (Å²) in [5, 5.41) is 0. The molecule has 1 atom stereocenters. The molecule has 1 aromatic heterocycles. The highest BCUT2D eigenvalue weighted by Gasteiger charge is 2.37. The molecule has 2 amide bonds. The van der Waals surface area contributed by atoms with Gasteiger partial charge in [-0.15, -0.1) is 0 Å². The van der Waals surface area contributed by atoms with Crippen molar-refractivity contribution in [3.05, 3.63) is 69.6 Å². The van der Waals surface area contributed by atoms with Crippen LogP contribution in [0.2, 0.25) is 0 Å². The summed E-state index contributed by atoms with van der Waals surface area (Å²) in [4.78, 5) is 41.6. The number of carbonyl (C=O) groups excluding carboxylic acids is 2. The molecule has 2 aliphatic rings. The molecule has 1 saturated heterocycles. The Kier molecular flexibility index (Phi) is 5.75. The average Bonchev–Trinajstić information content (AvgIpc) is 3.08. The quantitative estimate of drug-likeness (QED) is 0.764. The van der Waals surface area contributed by atoms with Gasteiger partial charge in [-0.05, 0) is 29.0 Å². The van der Waals surface area contributed by atoms with Gasteiger partial charge >= 0.3 is 0 Å². The molecule has 2 aromatic rings. The summed E-state index contributed by atoms with van der Waals surface area (Å²) in [7, 11) is 0. The van der Waals surface area contributed by atoms with Crippen molar-refractivity contribution in [2.24, 2.45) is 11.8 Å². The molecule has 3 heterocycles. The molecule has 0 N–H and O–H groups in total. The molecule has 1 fully saturated rings. The third kappa shape index (κ3) is 4.32. The fourth-order valence-corrected chi connectivity index (χ4v) is 4.48. The molecule has 0 bridgehead atoms. The zero-order valence-corrected chi connectivity index (χ0v) is 17.7. The largest absolute Gasteiger partial charge is 0.342 e. The van der Waals surface area contributed by atoms with Crippen LogP contribution in [-0.2, 0) is 29.1 Å². The van der Waals surface area contributed by atoms with Gasteiger partial charge in [0.25, 0.3) is 5.56 Å². The van der Waals surface area contributed by atoms with Crippen molar-refractivity contribution in [3.63, 3.8) is 0 Å². The number of nitrogens with zero attached hydrogens (tertiary/aromatic N) is 3.